The molecule has 0 aliphatic heterocycles. The van der Waals surface area contributed by atoms with Crippen LogP contribution in [0.15, 0.2) is 28.6 Å². The number of carbonyl (C=O) groups is 1. The van der Waals surface area contributed by atoms with Gasteiger partial charge in [0, 0.05) is 12.9 Å². The number of aryl methyl sites for hydroxylation is 1. The van der Waals surface area contributed by atoms with Crippen LogP contribution in [0.25, 0.3) is 0 Å². The number of hydrogen-bond donors (Lipinski definition) is 1. The number of nitrogens with one attached hydrogen (secondary N) is 1. The lowest BCUT2D eigenvalue weighted by Crippen LogP contribution is -2.16. The molecule has 0 fully saturated rings. The number of aromatic nitrogens is 2. The highest BCUT2D eigenvalue weighted by Crippen LogP contribution is 2.28. The monoisotopic (exact) mass is 309 g/mol. The second kappa shape index (κ2) is 7.37. The van der Waals surface area contributed by atoms with Gasteiger partial charge in [0.2, 0.25) is 5.13 Å². The molecule has 0 radical (unpaired) electrons. The van der Waals surface area contributed by atoms with E-state index in [4.69, 9.17) is 4.74 Å². The van der Waals surface area contributed by atoms with Crippen LogP contribution in [-0.4, -0.2) is 29.8 Å². The molecule has 1 aromatic carbocycles. The highest BCUT2D eigenvalue weighted by molar-refractivity contribution is 8.00. The van der Waals surface area contributed by atoms with E-state index in [2.05, 4.69) is 46.7 Å². The van der Waals surface area contributed by atoms with E-state index in [9.17, 15) is 4.79 Å². The molecule has 0 aliphatic carbocycles. The van der Waals surface area contributed by atoms with Crippen LogP contribution in [0, 0.1) is 6.92 Å². The Morgan fingerprint density at radius 1 is 1.35 bits per heavy atom. The van der Waals surface area contributed by atoms with Gasteiger partial charge in [0.1, 0.15) is 6.61 Å². The molecule has 1 N–H and O–H groups in total. The van der Waals surface area contributed by atoms with Gasteiger partial charge in [-0.3, -0.25) is 10.1 Å². The molecule has 1 heterocycles. The Labute approximate surface area is 125 Å². The van der Waals surface area contributed by atoms with Crippen molar-refractivity contribution in [2.75, 3.05) is 19.0 Å². The predicted octanol–water partition coefficient (Wildman–Crippen LogP) is 2.72. The molecule has 0 unspecified atom stereocenters. The second-order valence-electron chi connectivity index (χ2n) is 4.13. The van der Waals surface area contributed by atoms with Crippen molar-refractivity contribution < 1.29 is 9.53 Å². The average molecular weight is 309 g/mol. The van der Waals surface area contributed by atoms with E-state index in [1.54, 1.807) is 11.8 Å². The minimum Gasteiger partial charge on any atom is -0.375 e. The van der Waals surface area contributed by atoms with Crippen LogP contribution in [0.3, 0.4) is 0 Å². The fourth-order valence-corrected chi connectivity index (χ4v) is 3.16. The van der Waals surface area contributed by atoms with E-state index < -0.39 is 0 Å². The predicted molar refractivity (Wildman–Crippen MR) is 81.2 cm³/mol. The number of rotatable bonds is 6. The Morgan fingerprint density at radius 2 is 2.10 bits per heavy atom. The van der Waals surface area contributed by atoms with Crippen LogP contribution in [0.1, 0.15) is 11.1 Å². The highest BCUT2D eigenvalue weighted by Gasteiger charge is 2.08. The molecule has 0 bridgehead atoms. The molecule has 1 aromatic heterocycles. The Bertz CT molecular complexity index is 569. The van der Waals surface area contributed by atoms with Crippen LogP contribution >= 0.6 is 23.1 Å². The van der Waals surface area contributed by atoms with Gasteiger partial charge in [0.15, 0.2) is 4.34 Å². The number of anilines is 1. The van der Waals surface area contributed by atoms with Crippen molar-refractivity contribution in [3.05, 3.63) is 35.4 Å². The van der Waals surface area contributed by atoms with E-state index in [1.807, 2.05) is 0 Å². The van der Waals surface area contributed by atoms with Crippen molar-refractivity contribution in [2.24, 2.45) is 0 Å². The highest BCUT2D eigenvalue weighted by atomic mass is 32.2. The molecule has 0 atom stereocenters. The number of ether oxygens (including phenoxy) is 1. The third-order valence-electron chi connectivity index (χ3n) is 2.41. The van der Waals surface area contributed by atoms with Gasteiger partial charge in [-0.05, 0) is 12.5 Å². The number of nitrogens with zero attached hydrogens (tertiary/aromatic N) is 2. The van der Waals surface area contributed by atoms with Gasteiger partial charge >= 0.3 is 0 Å². The smallest absolute Gasteiger partial charge is 0.252 e. The van der Waals surface area contributed by atoms with Gasteiger partial charge in [-0.25, -0.2) is 0 Å². The average Bonchev–Trinajstić information content (AvgIpc) is 2.86. The van der Waals surface area contributed by atoms with Gasteiger partial charge in [-0.2, -0.15) is 0 Å². The van der Waals surface area contributed by atoms with Gasteiger partial charge in [0.05, 0.1) is 0 Å². The van der Waals surface area contributed by atoms with Crippen LogP contribution < -0.4 is 5.32 Å². The first kappa shape index (κ1) is 15.0. The molecule has 2 aromatic rings. The molecule has 7 heteroatoms. The lowest BCUT2D eigenvalue weighted by molar-refractivity contribution is -0.119. The Morgan fingerprint density at radius 3 is 2.80 bits per heavy atom. The number of amides is 1. The van der Waals surface area contributed by atoms with Crippen molar-refractivity contribution in [2.45, 2.75) is 17.0 Å². The number of thioether (sulfide) groups is 1. The van der Waals surface area contributed by atoms with Gasteiger partial charge in [-0.1, -0.05) is 52.9 Å². The zero-order valence-electron chi connectivity index (χ0n) is 11.3. The topological polar surface area (TPSA) is 64.1 Å². The molecule has 0 aliphatic rings. The third kappa shape index (κ3) is 4.59. The van der Waals surface area contributed by atoms with E-state index >= 15 is 0 Å². The zero-order chi connectivity index (χ0) is 14.4. The summed E-state index contributed by atoms with van der Waals surface area (Å²) in [5.41, 5.74) is 2.48. The Balaban J connectivity index is 1.86. The molecular weight excluding hydrogens is 294 g/mol. The number of methoxy groups -OCH3 is 1. The minimum absolute atomic E-state index is 0.0193. The molecule has 0 saturated heterocycles. The van der Waals surface area contributed by atoms with E-state index in [0.29, 0.717) is 5.13 Å². The first-order chi connectivity index (χ1) is 9.67. The summed E-state index contributed by atoms with van der Waals surface area (Å²) in [7, 11) is 1.47. The fourth-order valence-electron chi connectivity index (χ4n) is 1.43. The van der Waals surface area contributed by atoms with Crippen molar-refractivity contribution in [1.29, 1.82) is 0 Å². The van der Waals surface area contributed by atoms with Crippen LogP contribution in [0.4, 0.5) is 5.13 Å². The molecule has 0 spiro atoms. The van der Waals surface area contributed by atoms with Crippen molar-refractivity contribution in [3.63, 3.8) is 0 Å². The summed E-state index contributed by atoms with van der Waals surface area (Å²) in [6, 6.07) is 8.38. The summed E-state index contributed by atoms with van der Waals surface area (Å²) in [5, 5.41) is 11.1. The van der Waals surface area contributed by atoms with Crippen LogP contribution in [0.2, 0.25) is 0 Å². The normalized spacial score (nSPS) is 10.5. The summed E-state index contributed by atoms with van der Waals surface area (Å²) < 4.78 is 5.57. The lowest BCUT2D eigenvalue weighted by Gasteiger charge is -1.99. The quantitative estimate of drug-likeness (QED) is 0.656. The molecular formula is C13H15N3O2S2. The number of hydrogen-bond acceptors (Lipinski definition) is 6. The standard InChI is InChI=1S/C13H15N3O2S2/c1-9-3-5-10(6-4-9)8-19-13-16-15-12(20-13)14-11(17)7-18-2/h3-6H,7-8H2,1-2H3,(H,14,15,17). The Kier molecular flexibility index (Phi) is 5.51. The molecule has 1 amide bonds. The molecule has 2 rings (SSSR count). The molecule has 0 saturated carbocycles. The SMILES string of the molecule is COCC(=O)Nc1nnc(SCc2ccc(C)cc2)s1. The van der Waals surface area contributed by atoms with Gasteiger partial charge in [-0.15, -0.1) is 10.2 Å². The van der Waals surface area contributed by atoms with E-state index in [-0.39, 0.29) is 12.5 Å². The van der Waals surface area contributed by atoms with Crippen LogP contribution in [-0.2, 0) is 15.3 Å². The van der Waals surface area contributed by atoms with E-state index in [1.165, 1.54) is 29.6 Å². The summed E-state index contributed by atoms with van der Waals surface area (Å²) in [6.45, 7) is 2.09. The maximum absolute atomic E-state index is 11.3. The first-order valence-electron chi connectivity index (χ1n) is 5.98. The van der Waals surface area contributed by atoms with E-state index in [0.717, 1.165) is 10.1 Å². The molecule has 20 heavy (non-hydrogen) atoms. The van der Waals surface area contributed by atoms with Gasteiger partial charge < -0.3 is 4.74 Å². The summed E-state index contributed by atoms with van der Waals surface area (Å²) in [6.07, 6.45) is 0. The zero-order valence-corrected chi connectivity index (χ0v) is 12.9. The molecule has 5 nitrogen and oxygen atoms in total. The largest absolute Gasteiger partial charge is 0.375 e. The summed E-state index contributed by atoms with van der Waals surface area (Å²) >= 11 is 2.97. The third-order valence-corrected chi connectivity index (χ3v) is 4.45. The summed E-state index contributed by atoms with van der Waals surface area (Å²) in [4.78, 5) is 11.3. The fraction of sp³-hybridized carbons (Fsp3) is 0.308. The maximum Gasteiger partial charge on any atom is 0.252 e. The minimum atomic E-state index is -0.223. The number of benzene rings is 1. The Hall–Kier alpha value is -1.44. The van der Waals surface area contributed by atoms with Gasteiger partial charge in [0.25, 0.3) is 5.91 Å². The van der Waals surface area contributed by atoms with Crippen LogP contribution in [0.5, 0.6) is 0 Å². The van der Waals surface area contributed by atoms with Crippen molar-refractivity contribution in [1.82, 2.24) is 10.2 Å². The number of carbonyl (C=O) groups excluding carboxylic acids is 1. The lowest BCUT2D eigenvalue weighted by atomic mass is 10.2. The van der Waals surface area contributed by atoms with Crippen molar-refractivity contribution in [3.8, 4) is 0 Å². The maximum atomic E-state index is 11.3. The molecule has 106 valence electrons. The van der Waals surface area contributed by atoms with Crippen molar-refractivity contribution >= 4 is 34.1 Å². The second-order valence-corrected chi connectivity index (χ2v) is 6.33. The first-order valence-corrected chi connectivity index (χ1v) is 7.78. The summed E-state index contributed by atoms with van der Waals surface area (Å²) in [5.74, 6) is 0.611.